The highest BCUT2D eigenvalue weighted by atomic mass is 28.4. The van der Waals surface area contributed by atoms with Crippen LogP contribution in [0.3, 0.4) is 0 Å². The predicted molar refractivity (Wildman–Crippen MR) is 63.8 cm³/mol. The van der Waals surface area contributed by atoms with Crippen LogP contribution >= 0.6 is 0 Å². The molecule has 0 aromatic rings. The van der Waals surface area contributed by atoms with Crippen molar-refractivity contribution in [2.45, 2.75) is 52.2 Å². The van der Waals surface area contributed by atoms with E-state index in [1.807, 2.05) is 19.6 Å². The van der Waals surface area contributed by atoms with Gasteiger partial charge in [-0.1, -0.05) is 26.2 Å². The molecule has 0 saturated heterocycles. The third-order valence-corrected chi connectivity index (χ3v) is 2.58. The van der Waals surface area contributed by atoms with Crippen molar-refractivity contribution in [3.63, 3.8) is 0 Å². The lowest BCUT2D eigenvalue weighted by atomic mass is 10.2. The number of rotatable bonds is 8. The summed E-state index contributed by atoms with van der Waals surface area (Å²) in [6.07, 6.45) is 2.16. The molecule has 0 unspecified atom stereocenters. The van der Waals surface area contributed by atoms with Crippen LogP contribution in [0.1, 0.15) is 32.6 Å². The highest BCUT2D eigenvalue weighted by Crippen LogP contribution is 2.17. The minimum atomic E-state index is -2.02. The van der Waals surface area contributed by atoms with E-state index < -0.39 is 20.3 Å². The van der Waals surface area contributed by atoms with E-state index in [0.29, 0.717) is 6.61 Å². The first-order chi connectivity index (χ1) is 7.37. The first-order valence-electron chi connectivity index (χ1n) is 5.74. The first kappa shape index (κ1) is 15.4. The fourth-order valence-corrected chi connectivity index (χ4v) is 1.79. The van der Waals surface area contributed by atoms with Crippen LogP contribution in [0, 0.1) is 0 Å². The molecule has 0 radical (unpaired) electrons. The van der Waals surface area contributed by atoms with Crippen molar-refractivity contribution in [1.29, 1.82) is 0 Å². The van der Waals surface area contributed by atoms with Crippen LogP contribution in [-0.4, -0.2) is 14.9 Å². The zero-order valence-corrected chi connectivity index (χ0v) is 11.6. The molecule has 0 aromatic carbocycles. The summed E-state index contributed by atoms with van der Waals surface area (Å²) < 4.78 is 35.0. The lowest BCUT2D eigenvalue weighted by Crippen LogP contribution is -2.26. The molecule has 0 amide bonds. The minimum Gasteiger partial charge on any atom is -0.516 e. The molecule has 0 aliphatic heterocycles. The molecule has 0 atom stereocenters. The van der Waals surface area contributed by atoms with E-state index in [9.17, 15) is 8.78 Å². The molecule has 0 saturated carbocycles. The Morgan fingerprint density at radius 3 is 2.12 bits per heavy atom. The second kappa shape index (κ2) is 7.65. The second-order valence-corrected chi connectivity index (χ2v) is 9.10. The van der Waals surface area contributed by atoms with Crippen LogP contribution in [0.15, 0.2) is 12.0 Å². The number of halogens is 2. The van der Waals surface area contributed by atoms with Gasteiger partial charge in [0.25, 0.3) is 0 Å². The summed E-state index contributed by atoms with van der Waals surface area (Å²) in [5, 5.41) is 0. The maximum atomic E-state index is 12.5. The topological polar surface area (TPSA) is 18.5 Å². The largest absolute Gasteiger partial charge is 0.516 e. The van der Waals surface area contributed by atoms with Gasteiger partial charge < -0.3 is 9.16 Å². The van der Waals surface area contributed by atoms with E-state index in [1.165, 1.54) is 0 Å². The summed E-state index contributed by atoms with van der Waals surface area (Å²) in [7, 11) is -2.02. The van der Waals surface area contributed by atoms with Gasteiger partial charge in [-0.25, -0.2) is 0 Å². The summed E-state index contributed by atoms with van der Waals surface area (Å²) in [5.41, 5.74) is 0. The third kappa shape index (κ3) is 8.70. The number of unbranched alkanes of at least 4 members (excludes halogenated alkanes) is 3. The average Bonchev–Trinajstić information content (AvgIpc) is 2.13. The van der Waals surface area contributed by atoms with E-state index in [0.717, 1.165) is 25.7 Å². The summed E-state index contributed by atoms with van der Waals surface area (Å²) in [4.78, 5) is 0. The standard InChI is InChI=1S/C11H22F2O2Si/c1-5-6-7-8-9-14-11(10(12)13)15-16(2,3)4/h5-9H2,1-4H3. The van der Waals surface area contributed by atoms with Gasteiger partial charge in [-0.3, -0.25) is 0 Å². The van der Waals surface area contributed by atoms with Crippen molar-refractivity contribution in [3.8, 4) is 0 Å². The molecule has 0 heterocycles. The van der Waals surface area contributed by atoms with Gasteiger partial charge in [0.1, 0.15) is 0 Å². The van der Waals surface area contributed by atoms with Crippen molar-refractivity contribution >= 4 is 8.32 Å². The predicted octanol–water partition coefficient (Wildman–Crippen LogP) is 4.50. The molecule has 0 fully saturated rings. The van der Waals surface area contributed by atoms with Crippen LogP contribution in [0.5, 0.6) is 0 Å². The van der Waals surface area contributed by atoms with E-state index in [1.54, 1.807) is 0 Å². The molecule has 5 heteroatoms. The van der Waals surface area contributed by atoms with Crippen LogP contribution in [0.4, 0.5) is 8.78 Å². The molecule has 0 bridgehead atoms. The molecule has 0 aromatic heterocycles. The molecule has 0 spiro atoms. The summed E-state index contributed by atoms with van der Waals surface area (Å²) >= 11 is 0. The maximum Gasteiger partial charge on any atom is 0.348 e. The fourth-order valence-electron chi connectivity index (χ4n) is 1.09. The Kier molecular flexibility index (Phi) is 7.37. The van der Waals surface area contributed by atoms with Gasteiger partial charge in [0.15, 0.2) is 0 Å². The van der Waals surface area contributed by atoms with Crippen LogP contribution < -0.4 is 0 Å². The van der Waals surface area contributed by atoms with Gasteiger partial charge in [-0.2, -0.15) is 8.78 Å². The van der Waals surface area contributed by atoms with Crippen molar-refractivity contribution in [2.75, 3.05) is 6.61 Å². The van der Waals surface area contributed by atoms with Gasteiger partial charge >= 0.3 is 12.0 Å². The smallest absolute Gasteiger partial charge is 0.348 e. The minimum absolute atomic E-state index is 0.303. The zero-order chi connectivity index (χ0) is 12.6. The molecule has 16 heavy (non-hydrogen) atoms. The number of hydrogen-bond donors (Lipinski definition) is 0. The molecule has 96 valence electrons. The van der Waals surface area contributed by atoms with Crippen LogP contribution in [0.2, 0.25) is 19.6 Å². The van der Waals surface area contributed by atoms with Gasteiger partial charge in [0.2, 0.25) is 8.32 Å². The van der Waals surface area contributed by atoms with Gasteiger partial charge in [-0.05, 0) is 26.1 Å². The zero-order valence-electron chi connectivity index (χ0n) is 10.6. The molecule has 0 aliphatic carbocycles. The normalized spacial score (nSPS) is 11.1. The number of ether oxygens (including phenoxy) is 1. The Labute approximate surface area is 97.8 Å². The maximum absolute atomic E-state index is 12.5. The lowest BCUT2D eigenvalue weighted by Gasteiger charge is -2.20. The van der Waals surface area contributed by atoms with Crippen LogP contribution in [-0.2, 0) is 9.16 Å². The summed E-state index contributed by atoms with van der Waals surface area (Å²) in [6, 6.07) is 0. The van der Waals surface area contributed by atoms with E-state index in [4.69, 9.17) is 9.16 Å². The quantitative estimate of drug-likeness (QED) is 0.360. The SMILES string of the molecule is CCCCCCOC(O[Si](C)(C)C)=C(F)F. The van der Waals surface area contributed by atoms with Gasteiger partial charge in [0.05, 0.1) is 6.61 Å². The molecule has 2 nitrogen and oxygen atoms in total. The molecule has 0 N–H and O–H groups in total. The van der Waals surface area contributed by atoms with Gasteiger partial charge in [0, 0.05) is 0 Å². The summed E-state index contributed by atoms with van der Waals surface area (Å²) in [5.74, 6) is -0.573. The van der Waals surface area contributed by atoms with Crippen molar-refractivity contribution in [3.05, 3.63) is 12.0 Å². The summed E-state index contributed by atoms with van der Waals surface area (Å²) in [6.45, 7) is 7.93. The van der Waals surface area contributed by atoms with Gasteiger partial charge in [-0.15, -0.1) is 0 Å². The lowest BCUT2D eigenvalue weighted by molar-refractivity contribution is 0.0765. The van der Waals surface area contributed by atoms with Crippen LogP contribution in [0.25, 0.3) is 0 Å². The molecule has 0 rings (SSSR count). The Morgan fingerprint density at radius 1 is 1.06 bits per heavy atom. The highest BCUT2D eigenvalue weighted by Gasteiger charge is 2.22. The molecular formula is C11H22F2O2Si. The van der Waals surface area contributed by atoms with Crippen molar-refractivity contribution in [2.24, 2.45) is 0 Å². The Hall–Kier alpha value is -0.583. The third-order valence-electron chi connectivity index (χ3n) is 1.78. The Balaban J connectivity index is 3.94. The van der Waals surface area contributed by atoms with E-state index in [2.05, 4.69) is 6.92 Å². The monoisotopic (exact) mass is 252 g/mol. The fraction of sp³-hybridized carbons (Fsp3) is 0.818. The first-order valence-corrected chi connectivity index (χ1v) is 9.14. The van der Waals surface area contributed by atoms with Crippen molar-refractivity contribution < 1.29 is 17.9 Å². The highest BCUT2D eigenvalue weighted by molar-refractivity contribution is 6.69. The molecule has 0 aliphatic rings. The molecular weight excluding hydrogens is 230 g/mol. The van der Waals surface area contributed by atoms with Crippen molar-refractivity contribution in [1.82, 2.24) is 0 Å². The second-order valence-electron chi connectivity index (χ2n) is 4.67. The van der Waals surface area contributed by atoms with E-state index in [-0.39, 0.29) is 0 Å². The Morgan fingerprint density at radius 2 is 1.69 bits per heavy atom. The van der Waals surface area contributed by atoms with E-state index >= 15 is 0 Å². The average molecular weight is 252 g/mol. The number of hydrogen-bond acceptors (Lipinski definition) is 2. The Bertz CT molecular complexity index is 221.